The van der Waals surface area contributed by atoms with E-state index in [1.165, 1.54) is 12.1 Å². The normalized spacial score (nSPS) is 10.6. The summed E-state index contributed by atoms with van der Waals surface area (Å²) in [5, 5.41) is 18.9. The average Bonchev–Trinajstić information content (AvgIpc) is 2.64. The fraction of sp³-hybridized carbons (Fsp3) is 0. The number of carbonyl (C=O) groups is 1. The minimum absolute atomic E-state index is 0.0310. The van der Waals surface area contributed by atoms with Crippen LogP contribution in [0.1, 0.15) is 10.4 Å². The molecule has 27 heavy (non-hydrogen) atoms. The average molecular weight is 408 g/mol. The molecule has 0 saturated carbocycles. The van der Waals surface area contributed by atoms with E-state index in [2.05, 4.69) is 4.72 Å². The Morgan fingerprint density at radius 3 is 2.41 bits per heavy atom. The fourth-order valence-electron chi connectivity index (χ4n) is 2.35. The molecule has 0 bridgehead atoms. The van der Waals surface area contributed by atoms with Gasteiger partial charge < -0.3 is 14.9 Å². The molecular weight excluding hydrogens is 396 g/mol. The maximum Gasteiger partial charge on any atom is 0.335 e. The molecule has 0 aromatic heterocycles. The van der Waals surface area contributed by atoms with E-state index in [0.29, 0.717) is 5.56 Å². The van der Waals surface area contributed by atoms with Gasteiger partial charge in [0, 0.05) is 11.6 Å². The van der Waals surface area contributed by atoms with E-state index < -0.39 is 17.6 Å². The third-order valence-corrected chi connectivity index (χ3v) is 4.83. The first kappa shape index (κ1) is 19.0. The van der Waals surface area contributed by atoms with E-state index >= 15 is 0 Å². The lowest BCUT2D eigenvalue weighted by Crippen LogP contribution is -1.98. The third-order valence-electron chi connectivity index (χ3n) is 3.69. The molecule has 0 spiro atoms. The molecule has 138 valence electrons. The summed E-state index contributed by atoms with van der Waals surface area (Å²) in [5.74, 6) is -3.12. The van der Waals surface area contributed by atoms with Gasteiger partial charge in [0.25, 0.3) is 0 Å². The van der Waals surface area contributed by atoms with Crippen molar-refractivity contribution in [1.29, 1.82) is 0 Å². The lowest BCUT2D eigenvalue weighted by Gasteiger charge is -2.12. The van der Waals surface area contributed by atoms with Crippen molar-refractivity contribution in [3.8, 4) is 16.9 Å². The van der Waals surface area contributed by atoms with Crippen molar-refractivity contribution < 1.29 is 23.8 Å². The van der Waals surface area contributed by atoms with Gasteiger partial charge in [0.15, 0.2) is 0 Å². The second-order valence-electron chi connectivity index (χ2n) is 5.49. The van der Waals surface area contributed by atoms with E-state index in [4.69, 9.17) is 16.7 Å². The highest BCUT2D eigenvalue weighted by molar-refractivity contribution is 8.00. The Labute approximate surface area is 162 Å². The fourth-order valence-corrected chi connectivity index (χ4v) is 3.40. The summed E-state index contributed by atoms with van der Waals surface area (Å²) in [4.78, 5) is 11.2. The number of aromatic hydroxyl groups is 1. The van der Waals surface area contributed by atoms with Gasteiger partial charge in [-0.2, -0.15) is 0 Å². The first-order chi connectivity index (χ1) is 12.9. The SMILES string of the molecule is O=C(O)c1cc(Cl)c(O)c(SNc2cc(-c3ccccc3)c(F)cc2F)c1. The van der Waals surface area contributed by atoms with Crippen molar-refractivity contribution in [3.63, 3.8) is 0 Å². The molecule has 3 N–H and O–H groups in total. The standard InChI is InChI=1S/C19H12ClF2NO3S/c20-13-6-11(19(25)26)7-17(18(13)24)27-23-16-8-12(14(21)9-15(16)22)10-4-2-1-3-5-10/h1-9,23-24H,(H,25,26). The predicted molar refractivity (Wildman–Crippen MR) is 101 cm³/mol. The number of carboxylic acid groups (broad SMARTS) is 1. The van der Waals surface area contributed by atoms with Gasteiger partial charge in [0.05, 0.1) is 21.2 Å². The number of rotatable bonds is 5. The summed E-state index contributed by atoms with van der Waals surface area (Å²) in [6, 6.07) is 13.0. The number of nitrogens with one attached hydrogen (secondary N) is 1. The van der Waals surface area contributed by atoms with Crippen LogP contribution in [-0.4, -0.2) is 16.2 Å². The molecule has 0 atom stereocenters. The molecule has 0 unspecified atom stereocenters. The predicted octanol–water partition coefficient (Wildman–Crippen LogP) is 5.81. The maximum atomic E-state index is 14.1. The third kappa shape index (κ3) is 4.15. The molecule has 8 heteroatoms. The molecule has 3 rings (SSSR count). The second-order valence-corrected chi connectivity index (χ2v) is 6.75. The van der Waals surface area contributed by atoms with Crippen LogP contribution in [0, 0.1) is 11.6 Å². The van der Waals surface area contributed by atoms with Crippen LogP contribution in [0.15, 0.2) is 59.5 Å². The zero-order chi connectivity index (χ0) is 19.6. The molecule has 0 aliphatic rings. The van der Waals surface area contributed by atoms with Gasteiger partial charge in [-0.25, -0.2) is 13.6 Å². The number of halogens is 3. The number of hydrogen-bond acceptors (Lipinski definition) is 4. The number of carboxylic acids is 1. The van der Waals surface area contributed by atoms with Crippen molar-refractivity contribution in [2.45, 2.75) is 4.90 Å². The zero-order valence-corrected chi connectivity index (χ0v) is 15.1. The number of hydrogen-bond donors (Lipinski definition) is 3. The number of benzene rings is 3. The Hall–Kier alpha value is -2.77. The highest BCUT2D eigenvalue weighted by Crippen LogP contribution is 2.37. The summed E-state index contributed by atoms with van der Waals surface area (Å²) < 4.78 is 30.9. The Balaban J connectivity index is 1.92. The lowest BCUT2D eigenvalue weighted by molar-refractivity contribution is 0.0696. The van der Waals surface area contributed by atoms with Gasteiger partial charge in [0.1, 0.15) is 17.4 Å². The van der Waals surface area contributed by atoms with Gasteiger partial charge in [-0.3, -0.25) is 0 Å². The molecular formula is C19H12ClF2NO3S. The smallest absolute Gasteiger partial charge is 0.335 e. The van der Waals surface area contributed by atoms with Crippen molar-refractivity contribution in [1.82, 2.24) is 0 Å². The van der Waals surface area contributed by atoms with Gasteiger partial charge in [-0.15, -0.1) is 0 Å². The van der Waals surface area contributed by atoms with Crippen molar-refractivity contribution in [2.75, 3.05) is 4.72 Å². The summed E-state index contributed by atoms with van der Waals surface area (Å²) in [6.07, 6.45) is 0. The van der Waals surface area contributed by atoms with E-state index in [1.807, 2.05) is 0 Å². The van der Waals surface area contributed by atoms with Crippen LogP contribution in [0.2, 0.25) is 5.02 Å². The van der Waals surface area contributed by atoms with Crippen LogP contribution in [-0.2, 0) is 0 Å². The Bertz CT molecular complexity index is 1020. The quantitative estimate of drug-likeness (QED) is 0.466. The van der Waals surface area contributed by atoms with Crippen molar-refractivity contribution in [3.05, 3.63) is 76.8 Å². The van der Waals surface area contributed by atoms with Crippen LogP contribution in [0.5, 0.6) is 5.75 Å². The monoisotopic (exact) mass is 407 g/mol. The van der Waals surface area contributed by atoms with E-state index in [0.717, 1.165) is 24.1 Å². The van der Waals surface area contributed by atoms with Crippen molar-refractivity contribution in [2.24, 2.45) is 0 Å². The Kier molecular flexibility index (Phi) is 5.53. The minimum Gasteiger partial charge on any atom is -0.505 e. The van der Waals surface area contributed by atoms with Gasteiger partial charge in [-0.1, -0.05) is 41.9 Å². The zero-order valence-electron chi connectivity index (χ0n) is 13.5. The van der Waals surface area contributed by atoms with Gasteiger partial charge in [0.2, 0.25) is 0 Å². The summed E-state index contributed by atoms with van der Waals surface area (Å²) in [7, 11) is 0. The number of aromatic carboxylic acids is 1. The summed E-state index contributed by atoms with van der Waals surface area (Å²) >= 11 is 6.58. The topological polar surface area (TPSA) is 69.6 Å². The number of phenols is 1. The van der Waals surface area contributed by atoms with Crippen LogP contribution >= 0.6 is 23.5 Å². The van der Waals surface area contributed by atoms with E-state index in [9.17, 15) is 18.7 Å². The lowest BCUT2D eigenvalue weighted by atomic mass is 10.0. The molecule has 0 radical (unpaired) electrons. The highest BCUT2D eigenvalue weighted by Gasteiger charge is 2.16. The van der Waals surface area contributed by atoms with Crippen LogP contribution in [0.3, 0.4) is 0 Å². The molecule has 0 heterocycles. The first-order valence-corrected chi connectivity index (χ1v) is 8.79. The molecule has 0 fully saturated rings. The molecule has 0 aliphatic carbocycles. The number of anilines is 1. The van der Waals surface area contributed by atoms with Gasteiger partial charge >= 0.3 is 5.97 Å². The Morgan fingerprint density at radius 2 is 1.74 bits per heavy atom. The highest BCUT2D eigenvalue weighted by atomic mass is 35.5. The van der Waals surface area contributed by atoms with Crippen LogP contribution in [0.25, 0.3) is 11.1 Å². The molecule has 0 aliphatic heterocycles. The number of phenolic OH excluding ortho intramolecular Hbond substituents is 1. The second kappa shape index (κ2) is 7.85. The first-order valence-electron chi connectivity index (χ1n) is 7.60. The van der Waals surface area contributed by atoms with Gasteiger partial charge in [-0.05, 0) is 35.7 Å². The van der Waals surface area contributed by atoms with Crippen molar-refractivity contribution >= 4 is 35.2 Å². The van der Waals surface area contributed by atoms with Crippen LogP contribution in [0.4, 0.5) is 14.5 Å². The largest absolute Gasteiger partial charge is 0.505 e. The summed E-state index contributed by atoms with van der Waals surface area (Å²) in [5.41, 5.74) is 0.603. The maximum absolute atomic E-state index is 14.1. The molecule has 4 nitrogen and oxygen atoms in total. The van der Waals surface area contributed by atoms with Crippen LogP contribution < -0.4 is 4.72 Å². The molecule has 3 aromatic rings. The van der Waals surface area contributed by atoms with E-state index in [1.54, 1.807) is 30.3 Å². The van der Waals surface area contributed by atoms with E-state index in [-0.39, 0.29) is 32.5 Å². The Morgan fingerprint density at radius 1 is 1.04 bits per heavy atom. The minimum atomic E-state index is -1.22. The molecule has 0 amide bonds. The molecule has 3 aromatic carbocycles. The molecule has 0 saturated heterocycles. The summed E-state index contributed by atoms with van der Waals surface area (Å²) in [6.45, 7) is 0.